The lowest BCUT2D eigenvalue weighted by atomic mass is 10.1. The number of piperidine rings is 1. The van der Waals surface area contributed by atoms with Crippen molar-refractivity contribution in [1.82, 2.24) is 9.47 Å². The zero-order chi connectivity index (χ0) is 15.5. The molecule has 1 aromatic carbocycles. The number of carbonyl (C=O) groups is 1. The first-order valence-electron chi connectivity index (χ1n) is 8.25. The number of carbonyl (C=O) groups excluding carboxylic acids is 1. The summed E-state index contributed by atoms with van der Waals surface area (Å²) in [7, 11) is 0. The molecule has 1 saturated heterocycles. The summed E-state index contributed by atoms with van der Waals surface area (Å²) in [6, 6.07) is 10.5. The largest absolute Gasteiger partial charge is 0.343 e. The van der Waals surface area contributed by atoms with Crippen molar-refractivity contribution in [3.05, 3.63) is 47.8 Å². The minimum atomic E-state index is 0.180. The molecular formula is C19H24N2O. The van der Waals surface area contributed by atoms with Crippen molar-refractivity contribution in [2.24, 2.45) is 0 Å². The van der Waals surface area contributed by atoms with Gasteiger partial charge in [0.15, 0.2) is 0 Å². The van der Waals surface area contributed by atoms with Crippen LogP contribution in [0.1, 0.15) is 42.2 Å². The summed E-state index contributed by atoms with van der Waals surface area (Å²) >= 11 is 0. The molecule has 0 N–H and O–H groups in total. The average Bonchev–Trinajstić information content (AvgIpc) is 3.00. The van der Waals surface area contributed by atoms with Gasteiger partial charge in [-0.3, -0.25) is 4.79 Å². The minimum Gasteiger partial charge on any atom is -0.343 e. The summed E-state index contributed by atoms with van der Waals surface area (Å²) in [5.41, 5.74) is 4.37. The molecule has 0 saturated carbocycles. The Hall–Kier alpha value is -2.03. The molecule has 3 nitrogen and oxygen atoms in total. The van der Waals surface area contributed by atoms with E-state index in [2.05, 4.69) is 48.9 Å². The monoisotopic (exact) mass is 296 g/mol. The summed E-state index contributed by atoms with van der Waals surface area (Å²) in [5, 5.41) is 0. The van der Waals surface area contributed by atoms with Gasteiger partial charge in [-0.05, 0) is 44.7 Å². The first kappa shape index (κ1) is 14.9. The van der Waals surface area contributed by atoms with Crippen molar-refractivity contribution in [3.63, 3.8) is 0 Å². The van der Waals surface area contributed by atoms with E-state index in [1.165, 1.54) is 17.5 Å². The summed E-state index contributed by atoms with van der Waals surface area (Å²) in [6.07, 6.45) is 5.60. The van der Waals surface area contributed by atoms with Gasteiger partial charge in [0, 0.05) is 31.4 Å². The number of hydrogen-bond donors (Lipinski definition) is 0. The van der Waals surface area contributed by atoms with Crippen molar-refractivity contribution in [2.75, 3.05) is 13.1 Å². The highest BCUT2D eigenvalue weighted by molar-refractivity contribution is 5.94. The lowest BCUT2D eigenvalue weighted by Gasteiger charge is -2.26. The number of aryl methyl sites for hydroxylation is 2. The summed E-state index contributed by atoms with van der Waals surface area (Å²) in [4.78, 5) is 14.8. The van der Waals surface area contributed by atoms with Crippen molar-refractivity contribution in [3.8, 4) is 11.1 Å². The molecule has 3 heteroatoms. The van der Waals surface area contributed by atoms with Crippen LogP contribution in [0.3, 0.4) is 0 Å². The average molecular weight is 296 g/mol. The van der Waals surface area contributed by atoms with Crippen LogP contribution in [0.2, 0.25) is 0 Å². The zero-order valence-electron chi connectivity index (χ0n) is 13.5. The van der Waals surface area contributed by atoms with Crippen LogP contribution in [0.4, 0.5) is 0 Å². The molecule has 1 aromatic heterocycles. The van der Waals surface area contributed by atoms with E-state index in [1.807, 2.05) is 11.0 Å². The van der Waals surface area contributed by atoms with Gasteiger partial charge >= 0.3 is 0 Å². The quantitative estimate of drug-likeness (QED) is 0.836. The van der Waals surface area contributed by atoms with Gasteiger partial charge in [0.1, 0.15) is 5.69 Å². The van der Waals surface area contributed by atoms with Crippen LogP contribution >= 0.6 is 0 Å². The number of likely N-dealkylation sites (tertiary alicyclic amines) is 1. The fourth-order valence-corrected chi connectivity index (χ4v) is 3.11. The van der Waals surface area contributed by atoms with Crippen molar-refractivity contribution < 1.29 is 4.79 Å². The van der Waals surface area contributed by atoms with E-state index in [4.69, 9.17) is 0 Å². The highest BCUT2D eigenvalue weighted by Gasteiger charge is 2.21. The normalized spacial score (nSPS) is 15.1. The van der Waals surface area contributed by atoms with Crippen LogP contribution in [0, 0.1) is 6.92 Å². The standard InChI is InChI=1S/C19H24N2O/c1-3-20-14-17(16-9-7-15(2)8-10-16)13-18(20)19(22)21-11-5-4-6-12-21/h7-10,13-14H,3-6,11-12H2,1-2H3. The second kappa shape index (κ2) is 6.39. The lowest BCUT2D eigenvalue weighted by Crippen LogP contribution is -2.36. The Morgan fingerprint density at radius 1 is 1.05 bits per heavy atom. The molecule has 0 radical (unpaired) electrons. The van der Waals surface area contributed by atoms with Crippen LogP contribution in [-0.2, 0) is 6.54 Å². The van der Waals surface area contributed by atoms with Crippen LogP contribution in [-0.4, -0.2) is 28.5 Å². The molecule has 22 heavy (non-hydrogen) atoms. The summed E-state index contributed by atoms with van der Waals surface area (Å²) in [6.45, 7) is 6.79. The number of benzene rings is 1. The Morgan fingerprint density at radius 3 is 2.36 bits per heavy atom. The number of rotatable bonds is 3. The minimum absolute atomic E-state index is 0.180. The number of nitrogens with zero attached hydrogens (tertiary/aromatic N) is 2. The van der Waals surface area contributed by atoms with Gasteiger partial charge in [-0.25, -0.2) is 0 Å². The third kappa shape index (κ3) is 2.94. The third-order valence-electron chi connectivity index (χ3n) is 4.48. The van der Waals surface area contributed by atoms with E-state index in [1.54, 1.807) is 0 Å². The van der Waals surface area contributed by atoms with E-state index in [0.29, 0.717) is 0 Å². The van der Waals surface area contributed by atoms with E-state index in [-0.39, 0.29) is 5.91 Å². The van der Waals surface area contributed by atoms with Crippen LogP contribution in [0.5, 0.6) is 0 Å². The zero-order valence-corrected chi connectivity index (χ0v) is 13.5. The highest BCUT2D eigenvalue weighted by atomic mass is 16.2. The molecule has 0 aliphatic carbocycles. The second-order valence-electron chi connectivity index (χ2n) is 6.12. The Bertz CT molecular complexity index is 649. The molecular weight excluding hydrogens is 272 g/mol. The van der Waals surface area contributed by atoms with Gasteiger partial charge in [-0.1, -0.05) is 29.8 Å². The molecule has 0 unspecified atom stereocenters. The van der Waals surface area contributed by atoms with Gasteiger partial charge in [0.2, 0.25) is 0 Å². The molecule has 0 spiro atoms. The molecule has 2 aromatic rings. The first-order chi connectivity index (χ1) is 10.7. The lowest BCUT2D eigenvalue weighted by molar-refractivity contribution is 0.0713. The Kier molecular flexibility index (Phi) is 4.32. The van der Waals surface area contributed by atoms with E-state index < -0.39 is 0 Å². The Labute approximate surface area is 132 Å². The number of amides is 1. The predicted molar refractivity (Wildman–Crippen MR) is 90.0 cm³/mol. The van der Waals surface area contributed by atoms with Crippen LogP contribution < -0.4 is 0 Å². The van der Waals surface area contributed by atoms with Crippen molar-refractivity contribution in [1.29, 1.82) is 0 Å². The van der Waals surface area contributed by atoms with E-state index in [0.717, 1.165) is 43.7 Å². The Balaban J connectivity index is 1.90. The van der Waals surface area contributed by atoms with E-state index >= 15 is 0 Å². The third-order valence-corrected chi connectivity index (χ3v) is 4.48. The maximum absolute atomic E-state index is 12.8. The fourth-order valence-electron chi connectivity index (χ4n) is 3.11. The van der Waals surface area contributed by atoms with Crippen LogP contribution in [0.25, 0.3) is 11.1 Å². The second-order valence-corrected chi connectivity index (χ2v) is 6.12. The van der Waals surface area contributed by atoms with Gasteiger partial charge in [0.05, 0.1) is 0 Å². The fraction of sp³-hybridized carbons (Fsp3) is 0.421. The first-order valence-corrected chi connectivity index (χ1v) is 8.25. The SMILES string of the molecule is CCn1cc(-c2ccc(C)cc2)cc1C(=O)N1CCCCC1. The summed E-state index contributed by atoms with van der Waals surface area (Å²) in [5.74, 6) is 0.180. The molecule has 1 aliphatic heterocycles. The Morgan fingerprint density at radius 2 is 1.73 bits per heavy atom. The van der Waals surface area contributed by atoms with Gasteiger partial charge in [-0.15, -0.1) is 0 Å². The summed E-state index contributed by atoms with van der Waals surface area (Å²) < 4.78 is 2.08. The smallest absolute Gasteiger partial charge is 0.270 e. The molecule has 1 amide bonds. The van der Waals surface area contributed by atoms with Gasteiger partial charge < -0.3 is 9.47 Å². The van der Waals surface area contributed by atoms with Crippen LogP contribution in [0.15, 0.2) is 36.5 Å². The maximum Gasteiger partial charge on any atom is 0.270 e. The van der Waals surface area contributed by atoms with Gasteiger partial charge in [-0.2, -0.15) is 0 Å². The maximum atomic E-state index is 12.8. The molecule has 1 aliphatic rings. The number of aromatic nitrogens is 1. The molecule has 116 valence electrons. The van der Waals surface area contributed by atoms with Crippen molar-refractivity contribution >= 4 is 5.91 Å². The van der Waals surface area contributed by atoms with Crippen molar-refractivity contribution in [2.45, 2.75) is 39.7 Å². The molecule has 0 bridgehead atoms. The molecule has 0 atom stereocenters. The highest BCUT2D eigenvalue weighted by Crippen LogP contribution is 2.24. The topological polar surface area (TPSA) is 25.2 Å². The van der Waals surface area contributed by atoms with E-state index in [9.17, 15) is 4.79 Å². The van der Waals surface area contributed by atoms with Gasteiger partial charge in [0.25, 0.3) is 5.91 Å². The molecule has 1 fully saturated rings. The number of hydrogen-bond acceptors (Lipinski definition) is 1. The predicted octanol–water partition coefficient (Wildman–Crippen LogP) is 4.11. The molecule has 2 heterocycles. The molecule has 3 rings (SSSR count).